The van der Waals surface area contributed by atoms with Crippen molar-refractivity contribution < 1.29 is 28.8 Å². The van der Waals surface area contributed by atoms with Crippen LogP contribution in [-0.4, -0.2) is 36.4 Å². The summed E-state index contributed by atoms with van der Waals surface area (Å²) in [5.74, 6) is -3.94. The number of allylic oxidation sites excluding steroid dienone is 3. The number of nitro groups is 1. The molecule has 0 spiro atoms. The molecule has 9 heteroatoms. The van der Waals surface area contributed by atoms with Gasteiger partial charge in [-0.2, -0.15) is 0 Å². The van der Waals surface area contributed by atoms with Crippen LogP contribution in [0.5, 0.6) is 0 Å². The minimum absolute atomic E-state index is 0.164. The van der Waals surface area contributed by atoms with E-state index in [1.807, 2.05) is 6.92 Å². The molecule has 1 aromatic carbocycles. The smallest absolute Gasteiger partial charge is 0.336 e. The van der Waals surface area contributed by atoms with Crippen molar-refractivity contribution in [3.05, 3.63) is 62.5 Å². The van der Waals surface area contributed by atoms with Gasteiger partial charge in [0.25, 0.3) is 5.69 Å². The van der Waals surface area contributed by atoms with E-state index >= 15 is 0 Å². The zero-order chi connectivity index (χ0) is 23.6. The molecule has 1 N–H and O–H groups in total. The number of methoxy groups -OCH3 is 1. The first-order valence-electron chi connectivity index (χ1n) is 10.5. The third kappa shape index (κ3) is 4.15. The van der Waals surface area contributed by atoms with E-state index in [-0.39, 0.29) is 29.4 Å². The standard InChI is InChI=1S/C23H26N2O7/c1-5-9-32-23(28)18-13(3)24-16-10-12(2)17(22(27)31-4)21(26)20(16)19(18)14-7-6-8-15(11-14)25(29)30/h6-8,11-12,17,19,24H,5,9-10H2,1-4H3. The first-order chi connectivity index (χ1) is 15.2. The van der Waals surface area contributed by atoms with Gasteiger partial charge in [-0.05, 0) is 31.2 Å². The Bertz CT molecular complexity index is 1040. The average molecular weight is 442 g/mol. The molecule has 3 unspecified atom stereocenters. The minimum atomic E-state index is -1.02. The zero-order valence-corrected chi connectivity index (χ0v) is 18.5. The maximum Gasteiger partial charge on any atom is 0.336 e. The number of rotatable bonds is 6. The number of esters is 2. The van der Waals surface area contributed by atoms with Crippen LogP contribution < -0.4 is 5.32 Å². The maximum absolute atomic E-state index is 13.6. The molecular weight excluding hydrogens is 416 g/mol. The minimum Gasteiger partial charge on any atom is -0.468 e. The number of hydrogen-bond donors (Lipinski definition) is 1. The molecule has 1 aromatic rings. The summed E-state index contributed by atoms with van der Waals surface area (Å²) in [7, 11) is 1.22. The van der Waals surface area contributed by atoms with Crippen molar-refractivity contribution in [1.82, 2.24) is 5.32 Å². The lowest BCUT2D eigenvalue weighted by molar-refractivity contribution is -0.384. The Balaban J connectivity index is 2.20. The molecule has 1 aliphatic carbocycles. The largest absolute Gasteiger partial charge is 0.468 e. The summed E-state index contributed by atoms with van der Waals surface area (Å²) in [6.45, 7) is 5.55. The number of Topliss-reactive ketones (excluding diaryl/α,β-unsaturated/α-hetero) is 1. The van der Waals surface area contributed by atoms with Crippen LogP contribution >= 0.6 is 0 Å². The van der Waals surface area contributed by atoms with Crippen LogP contribution in [0.3, 0.4) is 0 Å². The van der Waals surface area contributed by atoms with Crippen molar-refractivity contribution in [2.24, 2.45) is 11.8 Å². The number of dihydropyridines is 1. The lowest BCUT2D eigenvalue weighted by Gasteiger charge is -2.38. The van der Waals surface area contributed by atoms with Gasteiger partial charge in [0.15, 0.2) is 5.78 Å². The Hall–Kier alpha value is -3.49. The number of nitrogens with zero attached hydrogens (tertiary/aromatic N) is 1. The zero-order valence-electron chi connectivity index (χ0n) is 18.5. The molecule has 0 saturated carbocycles. The van der Waals surface area contributed by atoms with Gasteiger partial charge in [-0.15, -0.1) is 0 Å². The van der Waals surface area contributed by atoms with Gasteiger partial charge >= 0.3 is 11.9 Å². The van der Waals surface area contributed by atoms with Crippen LogP contribution in [0.4, 0.5) is 5.69 Å². The molecule has 0 fully saturated rings. The Morgan fingerprint density at radius 3 is 2.66 bits per heavy atom. The molecule has 0 amide bonds. The molecule has 2 aliphatic rings. The number of ketones is 1. The predicted molar refractivity (Wildman–Crippen MR) is 114 cm³/mol. The van der Waals surface area contributed by atoms with Crippen molar-refractivity contribution in [1.29, 1.82) is 0 Å². The van der Waals surface area contributed by atoms with Crippen LogP contribution in [0.15, 0.2) is 46.8 Å². The fraction of sp³-hybridized carbons (Fsp3) is 0.435. The summed E-state index contributed by atoms with van der Waals surface area (Å²) >= 11 is 0. The lowest BCUT2D eigenvalue weighted by Crippen LogP contribution is -2.43. The fourth-order valence-corrected chi connectivity index (χ4v) is 4.37. The van der Waals surface area contributed by atoms with Crippen LogP contribution in [0.2, 0.25) is 0 Å². The molecule has 0 bridgehead atoms. The summed E-state index contributed by atoms with van der Waals surface area (Å²) in [6.07, 6.45) is 1.00. The monoisotopic (exact) mass is 442 g/mol. The van der Waals surface area contributed by atoms with Gasteiger partial charge < -0.3 is 14.8 Å². The molecule has 0 aromatic heterocycles. The van der Waals surface area contributed by atoms with Gasteiger partial charge in [-0.1, -0.05) is 26.0 Å². The number of carbonyl (C=O) groups is 3. The van der Waals surface area contributed by atoms with E-state index in [1.54, 1.807) is 19.9 Å². The number of carbonyl (C=O) groups excluding carboxylic acids is 3. The van der Waals surface area contributed by atoms with Crippen molar-refractivity contribution in [3.63, 3.8) is 0 Å². The third-order valence-corrected chi connectivity index (χ3v) is 5.81. The summed E-state index contributed by atoms with van der Waals surface area (Å²) in [5.41, 5.74) is 1.80. The Morgan fingerprint density at radius 1 is 1.31 bits per heavy atom. The van der Waals surface area contributed by atoms with E-state index in [0.29, 0.717) is 29.8 Å². The molecule has 0 saturated heterocycles. The average Bonchev–Trinajstić information content (AvgIpc) is 2.76. The Morgan fingerprint density at radius 2 is 2.03 bits per heavy atom. The van der Waals surface area contributed by atoms with Crippen LogP contribution in [0.1, 0.15) is 45.1 Å². The highest BCUT2D eigenvalue weighted by molar-refractivity contribution is 6.12. The van der Waals surface area contributed by atoms with Crippen molar-refractivity contribution in [2.45, 2.75) is 39.5 Å². The quantitative estimate of drug-likeness (QED) is 0.308. The lowest BCUT2D eigenvalue weighted by atomic mass is 9.69. The van der Waals surface area contributed by atoms with E-state index in [1.165, 1.54) is 25.3 Å². The molecule has 9 nitrogen and oxygen atoms in total. The third-order valence-electron chi connectivity index (χ3n) is 5.81. The van der Waals surface area contributed by atoms with Gasteiger partial charge in [0.1, 0.15) is 5.92 Å². The first-order valence-corrected chi connectivity index (χ1v) is 10.5. The van der Waals surface area contributed by atoms with Gasteiger partial charge in [0.2, 0.25) is 0 Å². The Labute approximate surface area is 185 Å². The first kappa shape index (κ1) is 23.2. The van der Waals surface area contributed by atoms with E-state index in [2.05, 4.69) is 5.32 Å². The molecule has 3 atom stereocenters. The Kier molecular flexibility index (Phi) is 6.76. The molecule has 170 valence electrons. The van der Waals surface area contributed by atoms with E-state index in [9.17, 15) is 24.5 Å². The summed E-state index contributed by atoms with van der Waals surface area (Å²) in [4.78, 5) is 49.8. The van der Waals surface area contributed by atoms with Crippen LogP contribution in [-0.2, 0) is 23.9 Å². The summed E-state index contributed by atoms with van der Waals surface area (Å²) in [6, 6.07) is 5.83. The summed E-state index contributed by atoms with van der Waals surface area (Å²) in [5, 5.41) is 14.5. The molecule has 32 heavy (non-hydrogen) atoms. The number of non-ortho nitro benzene ring substituents is 1. The predicted octanol–water partition coefficient (Wildman–Crippen LogP) is 3.16. The molecule has 1 aliphatic heterocycles. The van der Waals surface area contributed by atoms with Gasteiger partial charge in [-0.3, -0.25) is 19.7 Å². The molecule has 1 heterocycles. The van der Waals surface area contributed by atoms with Gasteiger partial charge in [0, 0.05) is 35.0 Å². The number of ether oxygens (including phenoxy) is 2. The second-order valence-electron chi connectivity index (χ2n) is 8.02. The molecule has 0 radical (unpaired) electrons. The number of nitrogens with one attached hydrogen (secondary N) is 1. The summed E-state index contributed by atoms with van der Waals surface area (Å²) < 4.78 is 10.2. The highest BCUT2D eigenvalue weighted by Crippen LogP contribution is 2.45. The normalized spacial score (nSPS) is 22.8. The van der Waals surface area contributed by atoms with E-state index < -0.39 is 34.5 Å². The van der Waals surface area contributed by atoms with Gasteiger partial charge in [-0.25, -0.2) is 4.79 Å². The fourth-order valence-electron chi connectivity index (χ4n) is 4.37. The highest BCUT2D eigenvalue weighted by atomic mass is 16.6. The molecule has 3 rings (SSSR count). The SMILES string of the molecule is CCCOC(=O)C1=C(C)NC2=C(C(=O)C(C(=O)OC)C(C)C2)C1c1cccc([N+](=O)[O-])c1. The number of nitro benzene ring substituents is 1. The van der Waals surface area contributed by atoms with Crippen molar-refractivity contribution in [3.8, 4) is 0 Å². The maximum atomic E-state index is 13.6. The van der Waals surface area contributed by atoms with Gasteiger partial charge in [0.05, 0.1) is 24.2 Å². The highest BCUT2D eigenvalue weighted by Gasteiger charge is 2.47. The number of benzene rings is 1. The van der Waals surface area contributed by atoms with Crippen molar-refractivity contribution in [2.75, 3.05) is 13.7 Å². The topological polar surface area (TPSA) is 125 Å². The molecular formula is C23H26N2O7. The number of hydrogen-bond acceptors (Lipinski definition) is 8. The second-order valence-corrected chi connectivity index (χ2v) is 8.02. The van der Waals surface area contributed by atoms with Crippen LogP contribution in [0, 0.1) is 22.0 Å². The van der Waals surface area contributed by atoms with Crippen LogP contribution in [0.25, 0.3) is 0 Å². The van der Waals surface area contributed by atoms with Crippen molar-refractivity contribution >= 4 is 23.4 Å². The second kappa shape index (κ2) is 9.33. The van der Waals surface area contributed by atoms with E-state index in [0.717, 1.165) is 0 Å². The van der Waals surface area contributed by atoms with E-state index in [4.69, 9.17) is 9.47 Å².